The number of carbonyl (C=O) groups is 1. The first-order valence-electron chi connectivity index (χ1n) is 5.94. The summed E-state index contributed by atoms with van der Waals surface area (Å²) in [4.78, 5) is 17.7. The lowest BCUT2D eigenvalue weighted by Crippen LogP contribution is -2.40. The lowest BCUT2D eigenvalue weighted by molar-refractivity contribution is -0.140. The van der Waals surface area contributed by atoms with E-state index < -0.39 is 11.2 Å². The molecule has 1 aliphatic heterocycles. The Morgan fingerprint density at radius 3 is 2.83 bits per heavy atom. The van der Waals surface area contributed by atoms with Gasteiger partial charge in [-0.05, 0) is 0 Å². The zero-order chi connectivity index (χ0) is 13.3. The molecule has 0 fully saturated rings. The van der Waals surface area contributed by atoms with E-state index >= 15 is 0 Å². The molecule has 5 heteroatoms. The van der Waals surface area contributed by atoms with Gasteiger partial charge in [0, 0.05) is 17.2 Å². The van der Waals surface area contributed by atoms with Gasteiger partial charge in [-0.25, -0.2) is 4.39 Å². The van der Waals surface area contributed by atoms with Crippen molar-refractivity contribution in [3.8, 4) is 5.75 Å². The Bertz CT molecular complexity index is 469. The van der Waals surface area contributed by atoms with Crippen LogP contribution in [0.15, 0.2) is 12.4 Å². The van der Waals surface area contributed by atoms with E-state index in [4.69, 9.17) is 4.74 Å². The van der Waals surface area contributed by atoms with Gasteiger partial charge in [0.05, 0.1) is 19.3 Å². The Labute approximate surface area is 106 Å². The molecule has 0 spiro atoms. The average Bonchev–Trinajstić information content (AvgIpc) is 2.50. The van der Waals surface area contributed by atoms with Crippen molar-refractivity contribution in [3.05, 3.63) is 23.8 Å². The molecule has 2 rings (SSSR count). The maximum Gasteiger partial charge on any atom is 0.228 e. The van der Waals surface area contributed by atoms with E-state index in [0.717, 1.165) is 6.20 Å². The maximum atomic E-state index is 13.5. The van der Waals surface area contributed by atoms with Gasteiger partial charge in [0.25, 0.3) is 0 Å². The third-order valence-electron chi connectivity index (χ3n) is 2.82. The first-order valence-corrected chi connectivity index (χ1v) is 5.94. The van der Waals surface area contributed by atoms with Gasteiger partial charge in [0.2, 0.25) is 5.91 Å². The smallest absolute Gasteiger partial charge is 0.228 e. The Morgan fingerprint density at radius 1 is 1.44 bits per heavy atom. The minimum atomic E-state index is -0.474. The zero-order valence-corrected chi connectivity index (χ0v) is 10.9. The van der Waals surface area contributed by atoms with Crippen molar-refractivity contribution in [1.29, 1.82) is 0 Å². The summed E-state index contributed by atoms with van der Waals surface area (Å²) in [6.45, 7) is 6.71. The average molecular weight is 252 g/mol. The number of carbonyl (C=O) groups excluding carboxylic acids is 1. The van der Waals surface area contributed by atoms with E-state index in [1.165, 1.54) is 0 Å². The molecule has 0 unspecified atom stereocenters. The third kappa shape index (κ3) is 2.44. The van der Waals surface area contributed by atoms with Crippen molar-refractivity contribution < 1.29 is 13.9 Å². The van der Waals surface area contributed by atoms with Gasteiger partial charge in [0.1, 0.15) is 6.61 Å². The molecule has 0 aromatic carbocycles. The highest BCUT2D eigenvalue weighted by molar-refractivity contribution is 5.81. The molecule has 0 aliphatic carbocycles. The lowest BCUT2D eigenvalue weighted by atomic mass is 9.94. The highest BCUT2D eigenvalue weighted by Crippen LogP contribution is 2.27. The van der Waals surface area contributed by atoms with E-state index in [2.05, 4.69) is 4.98 Å². The molecule has 0 atom stereocenters. The van der Waals surface area contributed by atoms with Crippen LogP contribution in [-0.2, 0) is 11.3 Å². The number of fused-ring (bicyclic) bond motifs is 1. The zero-order valence-electron chi connectivity index (χ0n) is 10.9. The number of ether oxygens (including phenoxy) is 1. The van der Waals surface area contributed by atoms with Crippen LogP contribution in [0.5, 0.6) is 5.75 Å². The predicted molar refractivity (Wildman–Crippen MR) is 64.6 cm³/mol. The summed E-state index contributed by atoms with van der Waals surface area (Å²) in [6.07, 6.45) is 2.67. The Balaban J connectivity index is 2.27. The monoisotopic (exact) mass is 252 g/mol. The van der Waals surface area contributed by atoms with E-state index in [0.29, 0.717) is 25.3 Å². The number of nitrogens with zero attached hydrogens (tertiary/aromatic N) is 2. The van der Waals surface area contributed by atoms with Crippen LogP contribution in [0, 0.1) is 11.2 Å². The minimum absolute atomic E-state index is 0.0308. The van der Waals surface area contributed by atoms with E-state index in [-0.39, 0.29) is 11.7 Å². The van der Waals surface area contributed by atoms with Gasteiger partial charge in [-0.1, -0.05) is 20.8 Å². The number of hydrogen-bond donors (Lipinski definition) is 0. The number of hydrogen-bond acceptors (Lipinski definition) is 3. The van der Waals surface area contributed by atoms with Gasteiger partial charge in [-0.2, -0.15) is 0 Å². The number of halogens is 1. The van der Waals surface area contributed by atoms with Crippen LogP contribution in [0.4, 0.5) is 4.39 Å². The Morgan fingerprint density at radius 2 is 2.17 bits per heavy atom. The molecule has 1 aromatic heterocycles. The summed E-state index contributed by atoms with van der Waals surface area (Å²) in [5.74, 6) is -0.227. The Kier molecular flexibility index (Phi) is 3.24. The summed E-state index contributed by atoms with van der Waals surface area (Å²) in [7, 11) is 0. The molecule has 1 aromatic rings. The van der Waals surface area contributed by atoms with Crippen LogP contribution in [-0.4, -0.2) is 28.9 Å². The largest absolute Gasteiger partial charge is 0.488 e. The molecular weight excluding hydrogens is 235 g/mol. The van der Waals surface area contributed by atoms with Gasteiger partial charge in [0.15, 0.2) is 11.6 Å². The first-order chi connectivity index (χ1) is 8.39. The van der Waals surface area contributed by atoms with Gasteiger partial charge in [-0.3, -0.25) is 9.78 Å². The third-order valence-corrected chi connectivity index (χ3v) is 2.82. The quantitative estimate of drug-likeness (QED) is 0.709. The molecule has 4 nitrogen and oxygen atoms in total. The molecule has 0 N–H and O–H groups in total. The fourth-order valence-electron chi connectivity index (χ4n) is 1.93. The Hall–Kier alpha value is -1.65. The van der Waals surface area contributed by atoms with Crippen molar-refractivity contribution in [2.75, 3.05) is 13.2 Å². The molecule has 0 bridgehead atoms. The highest BCUT2D eigenvalue weighted by atomic mass is 19.1. The summed E-state index contributed by atoms with van der Waals surface area (Å²) < 4.78 is 18.9. The fourth-order valence-corrected chi connectivity index (χ4v) is 1.93. The number of pyridine rings is 1. The standard InChI is InChI=1S/C13H17FN2O2/c1-13(2,3)12(17)16-4-5-18-11-9(8-16)6-15-7-10(11)14/h6-7H,4-5,8H2,1-3H3. The normalized spacial score (nSPS) is 15.7. The number of rotatable bonds is 0. The highest BCUT2D eigenvalue weighted by Gasteiger charge is 2.29. The summed E-state index contributed by atoms with van der Waals surface area (Å²) >= 11 is 0. The SMILES string of the molecule is CC(C)(C)C(=O)N1CCOc2c(F)cncc2C1. The second-order valence-electron chi connectivity index (χ2n) is 5.43. The molecule has 0 radical (unpaired) electrons. The maximum absolute atomic E-state index is 13.5. The van der Waals surface area contributed by atoms with Gasteiger partial charge >= 0.3 is 0 Å². The van der Waals surface area contributed by atoms with E-state index in [9.17, 15) is 9.18 Å². The molecule has 2 heterocycles. The number of aromatic nitrogens is 1. The second-order valence-corrected chi connectivity index (χ2v) is 5.43. The van der Waals surface area contributed by atoms with Crippen LogP contribution in [0.3, 0.4) is 0 Å². The van der Waals surface area contributed by atoms with Crippen LogP contribution in [0.1, 0.15) is 26.3 Å². The van der Waals surface area contributed by atoms with Crippen LogP contribution in [0.2, 0.25) is 0 Å². The van der Waals surface area contributed by atoms with Gasteiger partial charge < -0.3 is 9.64 Å². The molecule has 1 amide bonds. The topological polar surface area (TPSA) is 42.4 Å². The summed E-state index contributed by atoms with van der Waals surface area (Å²) in [5, 5.41) is 0. The second kappa shape index (κ2) is 4.55. The van der Waals surface area contributed by atoms with E-state index in [1.54, 1.807) is 11.1 Å². The molecule has 18 heavy (non-hydrogen) atoms. The van der Waals surface area contributed by atoms with Gasteiger partial charge in [-0.15, -0.1) is 0 Å². The summed E-state index contributed by atoms with van der Waals surface area (Å²) in [6, 6.07) is 0. The van der Waals surface area contributed by atoms with Crippen molar-refractivity contribution >= 4 is 5.91 Å². The van der Waals surface area contributed by atoms with Crippen molar-refractivity contribution in [2.24, 2.45) is 5.41 Å². The summed E-state index contributed by atoms with van der Waals surface area (Å²) in [5.41, 5.74) is 0.163. The molecule has 1 aliphatic rings. The van der Waals surface area contributed by atoms with Crippen LogP contribution < -0.4 is 4.74 Å². The van der Waals surface area contributed by atoms with Crippen molar-refractivity contribution in [3.63, 3.8) is 0 Å². The first kappa shape index (κ1) is 12.8. The predicted octanol–water partition coefficient (Wildman–Crippen LogP) is 1.99. The lowest BCUT2D eigenvalue weighted by Gasteiger charge is -2.27. The van der Waals surface area contributed by atoms with Crippen molar-refractivity contribution in [1.82, 2.24) is 9.88 Å². The van der Waals surface area contributed by atoms with E-state index in [1.807, 2.05) is 20.8 Å². The molecule has 0 saturated carbocycles. The van der Waals surface area contributed by atoms with Crippen molar-refractivity contribution in [2.45, 2.75) is 27.3 Å². The fraction of sp³-hybridized carbons (Fsp3) is 0.538. The molecular formula is C13H17FN2O2. The number of amides is 1. The molecule has 0 saturated heterocycles. The minimum Gasteiger partial charge on any atom is -0.488 e. The molecule has 98 valence electrons. The van der Waals surface area contributed by atoms with Crippen LogP contribution >= 0.6 is 0 Å². The van der Waals surface area contributed by atoms with Crippen LogP contribution in [0.25, 0.3) is 0 Å².